The first-order chi connectivity index (χ1) is 14.3. The van der Waals surface area contributed by atoms with Crippen LogP contribution in [0.4, 0.5) is 0 Å². The Bertz CT molecular complexity index is 978. The Morgan fingerprint density at radius 2 is 0.767 bits per heavy atom. The first kappa shape index (κ1) is 15.7. The molecule has 0 spiro atoms. The summed E-state index contributed by atoms with van der Waals surface area (Å²) in [4.78, 5) is 25.2. The summed E-state index contributed by atoms with van der Waals surface area (Å²) in [5, 5.41) is 0. The molecule has 30 heavy (non-hydrogen) atoms. The van der Waals surface area contributed by atoms with Gasteiger partial charge in [-0.3, -0.25) is 9.59 Å². The van der Waals surface area contributed by atoms with Crippen molar-refractivity contribution in [1.82, 2.24) is 0 Å². The van der Waals surface area contributed by atoms with Gasteiger partial charge in [0.1, 0.15) is 11.2 Å². The van der Waals surface area contributed by atoms with Crippen LogP contribution in [0.25, 0.3) is 0 Å². The lowest BCUT2D eigenvalue weighted by Crippen LogP contribution is -2.59. The lowest BCUT2D eigenvalue weighted by Gasteiger charge is -2.48. The second kappa shape index (κ2) is 3.52. The number of rotatable bonds is 2. The number of ether oxygens (including phenoxy) is 2. The first-order valence-corrected chi connectivity index (χ1v) is 13.7. The lowest BCUT2D eigenvalue weighted by atomic mass is 9.72. The van der Waals surface area contributed by atoms with Crippen molar-refractivity contribution in [2.75, 3.05) is 0 Å². The maximum absolute atomic E-state index is 12.6. The number of carbonyl (C=O) groups excluding carboxylic acids is 2. The predicted octanol–water partition coefficient (Wildman–Crippen LogP) is 2.87. The van der Waals surface area contributed by atoms with E-state index < -0.39 is 0 Å². The Morgan fingerprint density at radius 1 is 0.533 bits per heavy atom. The molecule has 0 aliphatic heterocycles. The Hall–Kier alpha value is -0.100. The number of hydrogen-bond acceptors (Lipinski definition) is 4. The van der Waals surface area contributed by atoms with Gasteiger partial charge < -0.3 is 9.47 Å². The molecule has 156 valence electrons. The van der Waals surface area contributed by atoms with Crippen LogP contribution in [-0.4, -0.2) is 31.8 Å². The van der Waals surface area contributed by atoms with Crippen molar-refractivity contribution < 1.29 is 19.1 Å². The molecular weight excluding hydrogens is 512 g/mol. The third-order valence-corrected chi connectivity index (χ3v) is 17.5. The van der Waals surface area contributed by atoms with Crippen molar-refractivity contribution in [2.24, 2.45) is 94.7 Å². The molecule has 0 heterocycles. The highest BCUT2D eigenvalue weighted by atomic mass is 79.9. The maximum atomic E-state index is 12.6. The summed E-state index contributed by atoms with van der Waals surface area (Å²) < 4.78 is 13.4. The summed E-state index contributed by atoms with van der Waals surface area (Å²) in [5.74, 6) is 9.88. The molecule has 0 N–H and O–H groups in total. The quantitative estimate of drug-likeness (QED) is 0.404. The van der Waals surface area contributed by atoms with Gasteiger partial charge in [0.05, 0.1) is 8.65 Å². The minimum atomic E-state index is -0.270. The lowest BCUT2D eigenvalue weighted by molar-refractivity contribution is -0.173. The second-order valence-corrected chi connectivity index (χ2v) is 15.8. The zero-order chi connectivity index (χ0) is 19.8. The van der Waals surface area contributed by atoms with Crippen LogP contribution in [0.2, 0.25) is 0 Å². The van der Waals surface area contributed by atoms with E-state index in [1.54, 1.807) is 13.8 Å². The van der Waals surface area contributed by atoms with Crippen LogP contribution in [0.1, 0.15) is 13.8 Å². The topological polar surface area (TPSA) is 52.6 Å². The summed E-state index contributed by atoms with van der Waals surface area (Å²) in [5.41, 5.74) is -0.540. The van der Waals surface area contributed by atoms with E-state index in [4.69, 9.17) is 9.47 Å². The van der Waals surface area contributed by atoms with Crippen molar-refractivity contribution in [1.29, 1.82) is 0 Å². The first-order valence-electron chi connectivity index (χ1n) is 12.1. The molecule has 20 atom stereocenters. The van der Waals surface area contributed by atoms with Crippen LogP contribution in [0, 0.1) is 94.7 Å². The molecular formula is C24H22Br2O4. The smallest absolute Gasteiger partial charge is 0.303 e. The van der Waals surface area contributed by atoms with Crippen molar-refractivity contribution in [3.8, 4) is 0 Å². The molecule has 0 amide bonds. The molecule has 8 unspecified atom stereocenters. The zero-order valence-electron chi connectivity index (χ0n) is 16.6. The fourth-order valence-electron chi connectivity index (χ4n) is 16.1. The average Bonchev–Trinajstić information content (AvgIpc) is 3.41. The highest BCUT2D eigenvalue weighted by molar-refractivity contribution is 9.10. The third-order valence-electron chi connectivity index (χ3n) is 14.2. The van der Waals surface area contributed by atoms with Gasteiger partial charge in [0.25, 0.3) is 0 Å². The van der Waals surface area contributed by atoms with Gasteiger partial charge in [0.2, 0.25) is 0 Å². The van der Waals surface area contributed by atoms with E-state index in [9.17, 15) is 9.59 Å². The number of carbonyl (C=O) groups is 2. The second-order valence-electron chi connectivity index (χ2n) is 13.1. The Morgan fingerprint density at radius 3 is 1.03 bits per heavy atom. The molecule has 0 aromatic heterocycles. The number of alkyl halides is 2. The van der Waals surface area contributed by atoms with E-state index in [0.717, 1.165) is 11.8 Å². The molecule has 0 aromatic rings. The molecule has 12 aliphatic carbocycles. The average molecular weight is 534 g/mol. The summed E-state index contributed by atoms with van der Waals surface area (Å²) in [6, 6.07) is 0. The van der Waals surface area contributed by atoms with Crippen molar-refractivity contribution in [2.45, 2.75) is 33.7 Å². The summed E-state index contributed by atoms with van der Waals surface area (Å²) in [6.07, 6.45) is 0. The van der Waals surface area contributed by atoms with Gasteiger partial charge in [0.15, 0.2) is 0 Å². The summed E-state index contributed by atoms with van der Waals surface area (Å²) >= 11 is 8.99. The van der Waals surface area contributed by atoms with Gasteiger partial charge in [0, 0.05) is 37.5 Å². The molecule has 12 rings (SSSR count). The number of halogens is 2. The maximum Gasteiger partial charge on any atom is 0.303 e. The number of esters is 2. The van der Waals surface area contributed by atoms with Gasteiger partial charge >= 0.3 is 11.9 Å². The van der Waals surface area contributed by atoms with Crippen LogP contribution in [0.15, 0.2) is 0 Å². The summed E-state index contributed by atoms with van der Waals surface area (Å²) in [6.45, 7) is 3.28. The van der Waals surface area contributed by atoms with Gasteiger partial charge in [-0.15, -0.1) is 0 Å². The molecule has 12 fully saturated rings. The summed E-state index contributed by atoms with van der Waals surface area (Å²) in [7, 11) is 0. The molecule has 6 heteroatoms. The Labute approximate surface area is 190 Å². The zero-order valence-corrected chi connectivity index (χ0v) is 19.8. The highest BCUT2D eigenvalue weighted by Crippen LogP contribution is 3.06. The van der Waals surface area contributed by atoms with Gasteiger partial charge in [-0.1, -0.05) is 31.9 Å². The van der Waals surface area contributed by atoms with Crippen LogP contribution in [-0.2, 0) is 19.1 Å². The number of hydrogen-bond donors (Lipinski definition) is 0. The van der Waals surface area contributed by atoms with Gasteiger partial charge in [-0.05, 0) is 71.0 Å². The molecule has 0 radical (unpaired) electrons. The van der Waals surface area contributed by atoms with Crippen molar-refractivity contribution in [3.05, 3.63) is 0 Å². The Balaban J connectivity index is 1.34. The molecule has 4 nitrogen and oxygen atoms in total. The fraction of sp³-hybridized carbons (Fsp3) is 0.917. The predicted molar refractivity (Wildman–Crippen MR) is 108 cm³/mol. The normalized spacial score (nSPS) is 85.5. The van der Waals surface area contributed by atoms with Crippen LogP contribution >= 0.6 is 31.9 Å². The van der Waals surface area contributed by atoms with Gasteiger partial charge in [-0.2, -0.15) is 0 Å². The molecule has 0 bridgehead atoms. The van der Waals surface area contributed by atoms with E-state index in [0.29, 0.717) is 82.9 Å². The fourth-order valence-corrected chi connectivity index (χ4v) is 19.7. The highest BCUT2D eigenvalue weighted by Gasteiger charge is 3.11. The SMILES string of the molecule is CC(=O)OC12[C@@H]3C4C5[C@@H]6[C@@H]7[C@@H]([C@H]8C9C%10[C@@H]%11[C@H]([C@@H]3[C@H]%10C81Br)[C@H]4C6(OC(C)=O)C%11(Br)[C@@H]97)[C@H]52. The van der Waals surface area contributed by atoms with Gasteiger partial charge in [-0.25, -0.2) is 0 Å². The molecule has 12 saturated carbocycles. The van der Waals surface area contributed by atoms with Crippen molar-refractivity contribution in [3.63, 3.8) is 0 Å². The van der Waals surface area contributed by atoms with E-state index >= 15 is 0 Å². The van der Waals surface area contributed by atoms with E-state index in [1.807, 2.05) is 0 Å². The van der Waals surface area contributed by atoms with E-state index in [-0.39, 0.29) is 31.8 Å². The standard InChI is InChI=1S/C24H22Br2O4/c1-3(27)29-23-17-7-9-15-5-6-14(21(23,25)13(5)7)8-10-16(6)22(15,26)24(30-4(2)28)19(9)11(17)12(18(8)23)20(10)24/h5-20H,1-2H3/t5?,6?,7-,8+,9+,10-,11?,12?,13+,14-,15-,16+,17+,18-,19-,20+,21?,22?,23?,24?. The van der Waals surface area contributed by atoms with Crippen LogP contribution in [0.3, 0.4) is 0 Å². The Kier molecular flexibility index (Phi) is 1.84. The van der Waals surface area contributed by atoms with E-state index in [1.165, 1.54) is 0 Å². The largest absolute Gasteiger partial charge is 0.457 e. The molecule has 0 saturated heterocycles. The van der Waals surface area contributed by atoms with Crippen LogP contribution < -0.4 is 0 Å². The third kappa shape index (κ3) is 0.831. The van der Waals surface area contributed by atoms with Crippen molar-refractivity contribution >= 4 is 43.8 Å². The minimum Gasteiger partial charge on any atom is -0.457 e. The van der Waals surface area contributed by atoms with E-state index in [2.05, 4.69) is 31.9 Å². The molecule has 0 aromatic carbocycles. The monoisotopic (exact) mass is 532 g/mol. The minimum absolute atomic E-state index is 0.0295. The van der Waals surface area contributed by atoms with Crippen LogP contribution in [0.5, 0.6) is 0 Å². The molecule has 12 aliphatic rings.